The minimum atomic E-state index is -0.249. The largest absolute Gasteiger partial charge is 0.389 e. The zero-order chi connectivity index (χ0) is 13.0. The number of hydrogen-bond donors (Lipinski definition) is 2. The van der Waals surface area contributed by atoms with Gasteiger partial charge in [0.2, 0.25) is 5.91 Å². The highest BCUT2D eigenvalue weighted by Crippen LogP contribution is 2.00. The van der Waals surface area contributed by atoms with Crippen molar-refractivity contribution in [1.82, 2.24) is 9.88 Å². The number of thiocarbonyl (C=S) groups is 1. The number of aryl methyl sites for hydroxylation is 1. The molecule has 0 aliphatic carbocycles. The molecule has 0 aliphatic rings. The average Bonchev–Trinajstić information content (AvgIpc) is 2.27. The lowest BCUT2D eigenvalue weighted by Gasteiger charge is -2.10. The second-order valence-corrected chi connectivity index (χ2v) is 4.07. The summed E-state index contributed by atoms with van der Waals surface area (Å²) in [4.78, 5) is 23.2. The van der Waals surface area contributed by atoms with Gasteiger partial charge in [-0.3, -0.25) is 9.59 Å². The average molecular weight is 253 g/mol. The maximum Gasteiger partial charge on any atom is 0.260 e. The monoisotopic (exact) mass is 253 g/mol. The topological polar surface area (TPSA) is 77.1 Å². The molecule has 1 aromatic rings. The van der Waals surface area contributed by atoms with Crippen LogP contribution in [0.15, 0.2) is 16.9 Å². The van der Waals surface area contributed by atoms with E-state index in [-0.39, 0.29) is 22.9 Å². The van der Waals surface area contributed by atoms with E-state index in [0.717, 1.165) is 5.69 Å². The van der Waals surface area contributed by atoms with Crippen molar-refractivity contribution in [2.45, 2.75) is 19.9 Å². The van der Waals surface area contributed by atoms with E-state index in [4.69, 9.17) is 18.0 Å². The first-order chi connectivity index (χ1) is 7.97. The van der Waals surface area contributed by atoms with Crippen molar-refractivity contribution < 1.29 is 4.79 Å². The molecule has 0 fully saturated rings. The number of nitrogens with one attached hydrogen (secondary N) is 1. The van der Waals surface area contributed by atoms with Gasteiger partial charge in [0, 0.05) is 25.7 Å². The molecule has 1 amide bonds. The molecule has 1 heterocycles. The van der Waals surface area contributed by atoms with Crippen molar-refractivity contribution in [3.63, 3.8) is 0 Å². The molecule has 3 N–H and O–H groups in total. The first-order valence-corrected chi connectivity index (χ1v) is 5.59. The van der Waals surface area contributed by atoms with Crippen LogP contribution in [0.4, 0.5) is 0 Å². The molecular formula is C11H15N3O2S. The summed E-state index contributed by atoms with van der Waals surface area (Å²) in [5.41, 5.74) is 6.29. The second kappa shape index (κ2) is 5.58. The summed E-state index contributed by atoms with van der Waals surface area (Å²) in [6, 6.07) is 3.37. The smallest absolute Gasteiger partial charge is 0.260 e. The number of hydrogen-bond acceptors (Lipinski definition) is 3. The minimum Gasteiger partial charge on any atom is -0.389 e. The van der Waals surface area contributed by atoms with Gasteiger partial charge in [0.25, 0.3) is 5.56 Å². The molecule has 6 heteroatoms. The predicted octanol–water partition coefficient (Wildman–Crippen LogP) is -0.0730. The molecule has 0 unspecified atom stereocenters. The number of aromatic nitrogens is 1. The van der Waals surface area contributed by atoms with Crippen molar-refractivity contribution in [3.05, 3.63) is 33.7 Å². The van der Waals surface area contributed by atoms with Crippen LogP contribution in [-0.4, -0.2) is 22.5 Å². The maximum absolute atomic E-state index is 12.0. The van der Waals surface area contributed by atoms with Gasteiger partial charge in [-0.05, 0) is 19.1 Å². The second-order valence-electron chi connectivity index (χ2n) is 3.63. The van der Waals surface area contributed by atoms with Crippen LogP contribution in [0.3, 0.4) is 0 Å². The van der Waals surface area contributed by atoms with Gasteiger partial charge in [0.15, 0.2) is 0 Å². The van der Waals surface area contributed by atoms with E-state index in [1.807, 2.05) is 0 Å². The Morgan fingerprint density at radius 2 is 2.18 bits per heavy atom. The van der Waals surface area contributed by atoms with E-state index < -0.39 is 0 Å². The molecule has 92 valence electrons. The van der Waals surface area contributed by atoms with Crippen LogP contribution in [0.2, 0.25) is 0 Å². The SMILES string of the molecule is CNC(=O)CCn1c(C)ccc(C(N)=S)c1=O. The highest BCUT2D eigenvalue weighted by Gasteiger charge is 2.09. The summed E-state index contributed by atoms with van der Waals surface area (Å²) < 4.78 is 1.50. The van der Waals surface area contributed by atoms with Gasteiger partial charge in [-0.25, -0.2) is 0 Å². The van der Waals surface area contributed by atoms with Crippen LogP contribution in [0.1, 0.15) is 17.7 Å². The van der Waals surface area contributed by atoms with E-state index in [9.17, 15) is 9.59 Å². The summed E-state index contributed by atoms with van der Waals surface area (Å²) in [6.45, 7) is 2.12. The first kappa shape index (κ1) is 13.4. The lowest BCUT2D eigenvalue weighted by atomic mass is 10.2. The highest BCUT2D eigenvalue weighted by molar-refractivity contribution is 7.80. The van der Waals surface area contributed by atoms with Gasteiger partial charge < -0.3 is 15.6 Å². The van der Waals surface area contributed by atoms with Gasteiger partial charge in [-0.2, -0.15) is 0 Å². The molecule has 1 aromatic heterocycles. The quantitative estimate of drug-likeness (QED) is 0.736. The molecular weight excluding hydrogens is 238 g/mol. The molecule has 0 saturated heterocycles. The van der Waals surface area contributed by atoms with Crippen LogP contribution >= 0.6 is 12.2 Å². The fourth-order valence-corrected chi connectivity index (χ4v) is 1.63. The zero-order valence-corrected chi connectivity index (χ0v) is 10.6. The number of carbonyl (C=O) groups is 1. The van der Waals surface area contributed by atoms with Gasteiger partial charge in [0.1, 0.15) is 4.99 Å². The number of carbonyl (C=O) groups excluding carboxylic acids is 1. The number of amides is 1. The maximum atomic E-state index is 12.0. The van der Waals surface area contributed by atoms with Crippen molar-refractivity contribution >= 4 is 23.1 Å². The van der Waals surface area contributed by atoms with Crippen LogP contribution in [0, 0.1) is 6.92 Å². The highest BCUT2D eigenvalue weighted by atomic mass is 32.1. The summed E-state index contributed by atoms with van der Waals surface area (Å²) in [5.74, 6) is -0.114. The zero-order valence-electron chi connectivity index (χ0n) is 9.82. The number of pyridine rings is 1. The lowest BCUT2D eigenvalue weighted by molar-refractivity contribution is -0.120. The molecule has 5 nitrogen and oxygen atoms in total. The molecule has 0 saturated carbocycles. The fraction of sp³-hybridized carbons (Fsp3) is 0.364. The van der Waals surface area contributed by atoms with Crippen LogP contribution < -0.4 is 16.6 Å². The third kappa shape index (κ3) is 3.13. The molecule has 17 heavy (non-hydrogen) atoms. The van der Waals surface area contributed by atoms with Crippen LogP contribution in [0.5, 0.6) is 0 Å². The summed E-state index contributed by atoms with van der Waals surface area (Å²) >= 11 is 4.80. The van der Waals surface area contributed by atoms with Crippen molar-refractivity contribution in [1.29, 1.82) is 0 Å². The number of nitrogens with two attached hydrogens (primary N) is 1. The molecule has 0 radical (unpaired) electrons. The summed E-state index contributed by atoms with van der Waals surface area (Å²) in [7, 11) is 1.56. The molecule has 0 spiro atoms. The molecule has 0 atom stereocenters. The third-order valence-corrected chi connectivity index (χ3v) is 2.72. The van der Waals surface area contributed by atoms with E-state index in [1.165, 1.54) is 4.57 Å². The summed E-state index contributed by atoms with van der Waals surface area (Å²) in [6.07, 6.45) is 0.248. The number of rotatable bonds is 4. The Hall–Kier alpha value is -1.69. The first-order valence-electron chi connectivity index (χ1n) is 5.18. The normalized spacial score (nSPS) is 10.0. The minimum absolute atomic E-state index is 0.0729. The Morgan fingerprint density at radius 3 is 2.71 bits per heavy atom. The number of nitrogens with zero attached hydrogens (tertiary/aromatic N) is 1. The van der Waals surface area contributed by atoms with Gasteiger partial charge in [0.05, 0.1) is 5.56 Å². The Bertz CT molecular complexity index is 508. The lowest BCUT2D eigenvalue weighted by Crippen LogP contribution is -2.31. The standard InChI is InChI=1S/C11H15N3O2S/c1-7-3-4-8(10(12)17)11(16)14(7)6-5-9(15)13-2/h3-4H,5-6H2,1-2H3,(H2,12,17)(H,13,15). The van der Waals surface area contributed by atoms with E-state index in [2.05, 4.69) is 5.32 Å². The van der Waals surface area contributed by atoms with Crippen molar-refractivity contribution in [2.75, 3.05) is 7.05 Å². The Labute approximate surface area is 105 Å². The van der Waals surface area contributed by atoms with Crippen molar-refractivity contribution in [3.8, 4) is 0 Å². The molecule has 1 rings (SSSR count). The van der Waals surface area contributed by atoms with Crippen molar-refractivity contribution in [2.24, 2.45) is 5.73 Å². The fourth-order valence-electron chi connectivity index (χ4n) is 1.47. The van der Waals surface area contributed by atoms with Gasteiger partial charge >= 0.3 is 0 Å². The van der Waals surface area contributed by atoms with Gasteiger partial charge in [-0.1, -0.05) is 12.2 Å². The Balaban J connectivity index is 3.06. The predicted molar refractivity (Wildman–Crippen MR) is 70.0 cm³/mol. The Morgan fingerprint density at radius 1 is 1.53 bits per heavy atom. The van der Waals surface area contributed by atoms with E-state index >= 15 is 0 Å². The summed E-state index contributed by atoms with van der Waals surface area (Å²) in [5, 5.41) is 2.51. The third-order valence-electron chi connectivity index (χ3n) is 2.50. The van der Waals surface area contributed by atoms with Gasteiger partial charge in [-0.15, -0.1) is 0 Å². The molecule has 0 aromatic carbocycles. The van der Waals surface area contributed by atoms with E-state index in [1.54, 1.807) is 26.1 Å². The van der Waals surface area contributed by atoms with Crippen LogP contribution in [-0.2, 0) is 11.3 Å². The van der Waals surface area contributed by atoms with E-state index in [0.29, 0.717) is 12.1 Å². The molecule has 0 aliphatic heterocycles. The molecule has 0 bridgehead atoms. The van der Waals surface area contributed by atoms with Crippen LogP contribution in [0.25, 0.3) is 0 Å². The Kier molecular flexibility index (Phi) is 4.39.